The molecule has 0 saturated carbocycles. The maximum absolute atomic E-state index is 6.14. The fourth-order valence-electron chi connectivity index (χ4n) is 1.65. The second kappa shape index (κ2) is 6.69. The summed E-state index contributed by atoms with van der Waals surface area (Å²) in [5.74, 6) is 1.16. The highest BCUT2D eigenvalue weighted by molar-refractivity contribution is 6.32. The molecule has 0 aliphatic carbocycles. The van der Waals surface area contributed by atoms with Gasteiger partial charge < -0.3 is 19.5 Å². The van der Waals surface area contributed by atoms with Gasteiger partial charge in [-0.2, -0.15) is 0 Å². The van der Waals surface area contributed by atoms with E-state index >= 15 is 0 Å². The average molecular weight is 260 g/mol. The van der Waals surface area contributed by atoms with Gasteiger partial charge in [0.25, 0.3) is 0 Å². The highest BCUT2D eigenvalue weighted by Gasteiger charge is 2.16. The Morgan fingerprint density at radius 1 is 1.24 bits per heavy atom. The lowest BCUT2D eigenvalue weighted by molar-refractivity contribution is 0.170. The Bertz CT molecular complexity index is 371. The molecule has 0 aliphatic heterocycles. The van der Waals surface area contributed by atoms with Crippen molar-refractivity contribution in [3.05, 3.63) is 22.7 Å². The maximum Gasteiger partial charge on any atom is 0.179 e. The first-order valence-electron chi connectivity index (χ1n) is 5.25. The number of nitrogens with one attached hydrogen (secondary N) is 1. The summed E-state index contributed by atoms with van der Waals surface area (Å²) in [7, 11) is 6.68. The fourth-order valence-corrected chi connectivity index (χ4v) is 1.95. The van der Waals surface area contributed by atoms with E-state index in [1.807, 2.05) is 19.2 Å². The van der Waals surface area contributed by atoms with Crippen LogP contribution in [-0.4, -0.2) is 35.0 Å². The van der Waals surface area contributed by atoms with Gasteiger partial charge in [-0.3, -0.25) is 0 Å². The molecule has 96 valence electrons. The van der Waals surface area contributed by atoms with Gasteiger partial charge >= 0.3 is 0 Å². The third kappa shape index (κ3) is 3.25. The standard InChI is InChI=1S/C12H18ClNO3/c1-14-10(7-15-2)8-5-9(13)12(17-4)11(6-8)16-3/h5-6,10,14H,7H2,1-4H3. The van der Waals surface area contributed by atoms with E-state index in [0.717, 1.165) is 5.56 Å². The summed E-state index contributed by atoms with van der Waals surface area (Å²) < 4.78 is 15.6. The number of methoxy groups -OCH3 is 3. The van der Waals surface area contributed by atoms with E-state index in [1.165, 1.54) is 0 Å². The molecule has 1 N–H and O–H groups in total. The molecular weight excluding hydrogens is 242 g/mol. The Labute approximate surface area is 107 Å². The van der Waals surface area contributed by atoms with Crippen molar-refractivity contribution in [2.24, 2.45) is 0 Å². The monoisotopic (exact) mass is 259 g/mol. The number of hydrogen-bond donors (Lipinski definition) is 1. The number of hydrogen-bond acceptors (Lipinski definition) is 4. The highest BCUT2D eigenvalue weighted by atomic mass is 35.5. The van der Waals surface area contributed by atoms with Crippen molar-refractivity contribution in [2.75, 3.05) is 35.0 Å². The summed E-state index contributed by atoms with van der Waals surface area (Å²) >= 11 is 6.14. The van der Waals surface area contributed by atoms with E-state index in [2.05, 4.69) is 5.32 Å². The van der Waals surface area contributed by atoms with Crippen LogP contribution in [0.4, 0.5) is 0 Å². The van der Waals surface area contributed by atoms with E-state index in [-0.39, 0.29) is 6.04 Å². The smallest absolute Gasteiger partial charge is 0.179 e. The molecule has 0 aromatic heterocycles. The van der Waals surface area contributed by atoms with Crippen molar-refractivity contribution in [1.29, 1.82) is 0 Å². The molecule has 1 atom stereocenters. The molecule has 1 aromatic carbocycles. The van der Waals surface area contributed by atoms with Gasteiger partial charge in [-0.1, -0.05) is 11.6 Å². The number of benzene rings is 1. The van der Waals surface area contributed by atoms with Crippen LogP contribution in [0.3, 0.4) is 0 Å². The lowest BCUT2D eigenvalue weighted by Gasteiger charge is -2.18. The summed E-state index contributed by atoms with van der Waals surface area (Å²) in [6.07, 6.45) is 0. The van der Waals surface area contributed by atoms with Crippen molar-refractivity contribution in [1.82, 2.24) is 5.32 Å². The molecule has 0 spiro atoms. The molecule has 0 heterocycles. The molecule has 1 rings (SSSR count). The van der Waals surface area contributed by atoms with Crippen LogP contribution in [0.15, 0.2) is 12.1 Å². The summed E-state index contributed by atoms with van der Waals surface area (Å²) in [6, 6.07) is 3.81. The maximum atomic E-state index is 6.14. The lowest BCUT2D eigenvalue weighted by atomic mass is 10.1. The van der Waals surface area contributed by atoms with Crippen molar-refractivity contribution < 1.29 is 14.2 Å². The van der Waals surface area contributed by atoms with Gasteiger partial charge in [-0.25, -0.2) is 0 Å². The fraction of sp³-hybridized carbons (Fsp3) is 0.500. The van der Waals surface area contributed by atoms with Crippen LogP contribution in [0.25, 0.3) is 0 Å². The van der Waals surface area contributed by atoms with Gasteiger partial charge in [0.15, 0.2) is 11.5 Å². The Balaban J connectivity index is 3.13. The second-order valence-corrected chi connectivity index (χ2v) is 3.94. The minimum absolute atomic E-state index is 0.0670. The molecule has 5 heteroatoms. The van der Waals surface area contributed by atoms with E-state index < -0.39 is 0 Å². The van der Waals surface area contributed by atoms with Crippen LogP contribution in [0.2, 0.25) is 5.02 Å². The molecule has 0 radical (unpaired) electrons. The molecule has 4 nitrogen and oxygen atoms in total. The SMILES string of the molecule is CNC(COC)c1cc(Cl)c(OC)c(OC)c1. The van der Waals surface area contributed by atoms with Gasteiger partial charge in [0.1, 0.15) is 0 Å². The summed E-state index contributed by atoms with van der Waals surface area (Å²) in [4.78, 5) is 0. The van der Waals surface area contributed by atoms with E-state index in [1.54, 1.807) is 21.3 Å². The van der Waals surface area contributed by atoms with E-state index in [9.17, 15) is 0 Å². The number of likely N-dealkylation sites (N-methyl/N-ethyl adjacent to an activating group) is 1. The summed E-state index contributed by atoms with van der Waals surface area (Å²) in [5.41, 5.74) is 0.997. The minimum atomic E-state index is 0.0670. The van der Waals surface area contributed by atoms with Crippen molar-refractivity contribution in [3.63, 3.8) is 0 Å². The first-order chi connectivity index (χ1) is 8.17. The second-order valence-electron chi connectivity index (χ2n) is 3.53. The molecule has 1 aromatic rings. The number of halogens is 1. The average Bonchev–Trinajstić information content (AvgIpc) is 2.34. The zero-order valence-corrected chi connectivity index (χ0v) is 11.3. The van der Waals surface area contributed by atoms with Crippen LogP contribution in [0.1, 0.15) is 11.6 Å². The molecule has 0 aliphatic rings. The predicted molar refractivity (Wildman–Crippen MR) is 68.2 cm³/mol. The molecule has 0 amide bonds. The van der Waals surface area contributed by atoms with Gasteiger partial charge in [0.2, 0.25) is 0 Å². The third-order valence-electron chi connectivity index (χ3n) is 2.54. The lowest BCUT2D eigenvalue weighted by Crippen LogP contribution is -2.21. The van der Waals surface area contributed by atoms with E-state index in [0.29, 0.717) is 23.1 Å². The van der Waals surface area contributed by atoms with Crippen LogP contribution in [0, 0.1) is 0 Å². The van der Waals surface area contributed by atoms with Gasteiger partial charge in [0.05, 0.1) is 31.9 Å². The minimum Gasteiger partial charge on any atom is -0.493 e. The zero-order valence-electron chi connectivity index (χ0n) is 10.5. The van der Waals surface area contributed by atoms with Crippen LogP contribution < -0.4 is 14.8 Å². The van der Waals surface area contributed by atoms with Gasteiger partial charge in [-0.15, -0.1) is 0 Å². The molecular formula is C12H18ClNO3. The van der Waals surface area contributed by atoms with Gasteiger partial charge in [-0.05, 0) is 24.7 Å². The van der Waals surface area contributed by atoms with Crippen molar-refractivity contribution >= 4 is 11.6 Å². The normalized spacial score (nSPS) is 12.3. The molecule has 1 unspecified atom stereocenters. The first-order valence-corrected chi connectivity index (χ1v) is 5.63. The van der Waals surface area contributed by atoms with E-state index in [4.69, 9.17) is 25.8 Å². The van der Waals surface area contributed by atoms with Crippen LogP contribution in [-0.2, 0) is 4.74 Å². The van der Waals surface area contributed by atoms with Crippen molar-refractivity contribution in [2.45, 2.75) is 6.04 Å². The predicted octanol–water partition coefficient (Wildman–Crippen LogP) is 2.26. The molecule has 0 fully saturated rings. The summed E-state index contributed by atoms with van der Waals surface area (Å²) in [6.45, 7) is 0.558. The molecule has 17 heavy (non-hydrogen) atoms. The molecule has 0 bridgehead atoms. The Hall–Kier alpha value is -0.970. The number of ether oxygens (including phenoxy) is 3. The first kappa shape index (κ1) is 14.1. The van der Waals surface area contributed by atoms with Crippen LogP contribution >= 0.6 is 11.6 Å². The Kier molecular flexibility index (Phi) is 5.55. The Morgan fingerprint density at radius 2 is 1.94 bits per heavy atom. The third-order valence-corrected chi connectivity index (χ3v) is 2.82. The highest BCUT2D eigenvalue weighted by Crippen LogP contribution is 2.37. The summed E-state index contributed by atoms with van der Waals surface area (Å²) in [5, 5.41) is 3.68. The van der Waals surface area contributed by atoms with Crippen LogP contribution in [0.5, 0.6) is 11.5 Å². The van der Waals surface area contributed by atoms with Gasteiger partial charge in [0, 0.05) is 7.11 Å². The zero-order chi connectivity index (χ0) is 12.8. The topological polar surface area (TPSA) is 39.7 Å². The van der Waals surface area contributed by atoms with Crippen molar-refractivity contribution in [3.8, 4) is 11.5 Å². The number of rotatable bonds is 6. The Morgan fingerprint density at radius 3 is 2.41 bits per heavy atom. The largest absolute Gasteiger partial charge is 0.493 e. The quantitative estimate of drug-likeness (QED) is 0.851. The molecule has 0 saturated heterocycles.